The van der Waals surface area contributed by atoms with E-state index in [0.717, 1.165) is 5.56 Å². The predicted molar refractivity (Wildman–Crippen MR) is 90.7 cm³/mol. The number of hydrogen-bond donors (Lipinski definition) is 1. The molecule has 2 atom stereocenters. The fraction of sp³-hybridized carbons (Fsp3) is 0.263. The van der Waals surface area contributed by atoms with Crippen molar-refractivity contribution in [2.24, 2.45) is 5.73 Å². The summed E-state index contributed by atoms with van der Waals surface area (Å²) in [6.45, 7) is 2.09. The van der Waals surface area contributed by atoms with E-state index in [4.69, 9.17) is 19.9 Å². The molecule has 130 valence electrons. The van der Waals surface area contributed by atoms with Crippen LogP contribution in [0.3, 0.4) is 0 Å². The van der Waals surface area contributed by atoms with Gasteiger partial charge in [0.25, 0.3) is 5.91 Å². The molecule has 1 aliphatic rings. The van der Waals surface area contributed by atoms with E-state index in [9.17, 15) is 9.59 Å². The standard InChI is InChI=1S/C19H19NO5/c1-12-13-6-2-5-9-16(13)25-17(12)19(22)24-11-10-23-15-8-4-3-7-14(15)18(20)21/h2-9,12,17H,10-11H2,1H3,(H2,20,21)/t12-,17-/m1/s1. The van der Waals surface area contributed by atoms with Crippen molar-refractivity contribution in [3.05, 3.63) is 59.7 Å². The lowest BCUT2D eigenvalue weighted by Gasteiger charge is -2.15. The Morgan fingerprint density at radius 1 is 1.08 bits per heavy atom. The maximum Gasteiger partial charge on any atom is 0.348 e. The number of carbonyl (C=O) groups is 2. The van der Waals surface area contributed by atoms with E-state index >= 15 is 0 Å². The van der Waals surface area contributed by atoms with Gasteiger partial charge in [-0.25, -0.2) is 4.79 Å². The van der Waals surface area contributed by atoms with Crippen LogP contribution in [-0.2, 0) is 9.53 Å². The fourth-order valence-electron chi connectivity index (χ4n) is 2.79. The van der Waals surface area contributed by atoms with Crippen LogP contribution in [0.2, 0.25) is 0 Å². The Balaban J connectivity index is 1.51. The van der Waals surface area contributed by atoms with E-state index in [-0.39, 0.29) is 24.7 Å². The van der Waals surface area contributed by atoms with E-state index in [1.807, 2.05) is 31.2 Å². The highest BCUT2D eigenvalue weighted by atomic mass is 16.6. The van der Waals surface area contributed by atoms with Gasteiger partial charge in [0, 0.05) is 11.5 Å². The van der Waals surface area contributed by atoms with Gasteiger partial charge in [0.15, 0.2) is 0 Å². The number of carbonyl (C=O) groups excluding carboxylic acids is 2. The second-order valence-electron chi connectivity index (χ2n) is 5.74. The summed E-state index contributed by atoms with van der Waals surface area (Å²) in [6.07, 6.45) is -0.657. The molecule has 25 heavy (non-hydrogen) atoms. The van der Waals surface area contributed by atoms with Crippen LogP contribution in [0.5, 0.6) is 11.5 Å². The van der Waals surface area contributed by atoms with Crippen LogP contribution in [0.25, 0.3) is 0 Å². The van der Waals surface area contributed by atoms with Gasteiger partial charge in [-0.3, -0.25) is 4.79 Å². The summed E-state index contributed by atoms with van der Waals surface area (Å²) in [5.41, 5.74) is 6.57. The minimum absolute atomic E-state index is 0.0505. The molecule has 6 heteroatoms. The van der Waals surface area contributed by atoms with Gasteiger partial charge >= 0.3 is 5.97 Å². The second kappa shape index (κ2) is 7.25. The van der Waals surface area contributed by atoms with Crippen LogP contribution < -0.4 is 15.2 Å². The summed E-state index contributed by atoms with van der Waals surface area (Å²) in [5, 5.41) is 0. The predicted octanol–water partition coefficient (Wildman–Crippen LogP) is 2.27. The van der Waals surface area contributed by atoms with Crippen molar-refractivity contribution >= 4 is 11.9 Å². The number of nitrogens with two attached hydrogens (primary N) is 1. The van der Waals surface area contributed by atoms with Crippen LogP contribution in [0.1, 0.15) is 28.8 Å². The minimum atomic E-state index is -0.657. The highest BCUT2D eigenvalue weighted by Crippen LogP contribution is 2.37. The minimum Gasteiger partial charge on any atom is -0.489 e. The molecule has 0 saturated heterocycles. The Kier molecular flexibility index (Phi) is 4.88. The van der Waals surface area contributed by atoms with Crippen LogP contribution in [0, 0.1) is 0 Å². The normalized spacial score (nSPS) is 18.1. The Morgan fingerprint density at radius 2 is 1.80 bits per heavy atom. The quantitative estimate of drug-likeness (QED) is 0.643. The van der Waals surface area contributed by atoms with Crippen molar-refractivity contribution in [2.45, 2.75) is 18.9 Å². The average molecular weight is 341 g/mol. The Labute approximate surface area is 145 Å². The topological polar surface area (TPSA) is 87.8 Å². The van der Waals surface area contributed by atoms with Crippen LogP contribution in [-0.4, -0.2) is 31.2 Å². The van der Waals surface area contributed by atoms with Gasteiger partial charge in [-0.15, -0.1) is 0 Å². The van der Waals surface area contributed by atoms with Gasteiger partial charge in [-0.1, -0.05) is 37.3 Å². The molecular formula is C19H19NO5. The maximum atomic E-state index is 12.2. The van der Waals surface area contributed by atoms with Gasteiger partial charge < -0.3 is 19.9 Å². The number of para-hydroxylation sites is 2. The van der Waals surface area contributed by atoms with E-state index in [2.05, 4.69) is 0 Å². The van der Waals surface area contributed by atoms with Gasteiger partial charge in [0.1, 0.15) is 24.7 Å². The second-order valence-corrected chi connectivity index (χ2v) is 5.74. The van der Waals surface area contributed by atoms with Crippen molar-refractivity contribution in [1.29, 1.82) is 0 Å². The van der Waals surface area contributed by atoms with Crippen LogP contribution in [0.15, 0.2) is 48.5 Å². The van der Waals surface area contributed by atoms with Crippen LogP contribution in [0.4, 0.5) is 0 Å². The lowest BCUT2D eigenvalue weighted by molar-refractivity contribution is -0.152. The Hall–Kier alpha value is -3.02. The van der Waals surface area contributed by atoms with Crippen LogP contribution >= 0.6 is 0 Å². The number of rotatable bonds is 6. The number of primary amides is 1. The van der Waals surface area contributed by atoms with Gasteiger partial charge in [0.2, 0.25) is 6.10 Å². The molecule has 1 heterocycles. The van der Waals surface area contributed by atoms with E-state index in [1.54, 1.807) is 24.3 Å². The summed E-state index contributed by atoms with van der Waals surface area (Å²) < 4.78 is 16.4. The number of ether oxygens (including phenoxy) is 3. The van der Waals surface area contributed by atoms with Gasteiger partial charge in [-0.05, 0) is 18.2 Å². The molecule has 0 fully saturated rings. The smallest absolute Gasteiger partial charge is 0.348 e. The van der Waals surface area contributed by atoms with Crippen molar-refractivity contribution in [3.63, 3.8) is 0 Å². The monoisotopic (exact) mass is 341 g/mol. The highest BCUT2D eigenvalue weighted by Gasteiger charge is 2.37. The first-order valence-corrected chi connectivity index (χ1v) is 8.02. The molecular weight excluding hydrogens is 322 g/mol. The van der Waals surface area contributed by atoms with Crippen molar-refractivity contribution < 1.29 is 23.8 Å². The fourth-order valence-corrected chi connectivity index (χ4v) is 2.79. The molecule has 0 saturated carbocycles. The molecule has 1 aliphatic heterocycles. The first kappa shape index (κ1) is 16.8. The molecule has 2 aromatic rings. The molecule has 0 bridgehead atoms. The van der Waals surface area contributed by atoms with E-state index < -0.39 is 18.0 Å². The van der Waals surface area contributed by atoms with Crippen molar-refractivity contribution in [2.75, 3.05) is 13.2 Å². The molecule has 6 nitrogen and oxygen atoms in total. The maximum absolute atomic E-state index is 12.2. The molecule has 0 aromatic heterocycles. The third-order valence-corrected chi connectivity index (χ3v) is 4.09. The van der Waals surface area contributed by atoms with Gasteiger partial charge in [-0.2, -0.15) is 0 Å². The number of esters is 1. The SMILES string of the molecule is C[C@@H]1c2ccccc2O[C@H]1C(=O)OCCOc1ccccc1C(N)=O. The molecule has 2 N–H and O–H groups in total. The Morgan fingerprint density at radius 3 is 2.56 bits per heavy atom. The lowest BCUT2D eigenvalue weighted by Crippen LogP contribution is -2.31. The Bertz CT molecular complexity index is 789. The zero-order valence-corrected chi connectivity index (χ0v) is 13.8. The van der Waals surface area contributed by atoms with E-state index in [0.29, 0.717) is 11.5 Å². The summed E-state index contributed by atoms with van der Waals surface area (Å²) in [6, 6.07) is 14.2. The largest absolute Gasteiger partial charge is 0.489 e. The summed E-state index contributed by atoms with van der Waals surface area (Å²) >= 11 is 0. The van der Waals surface area contributed by atoms with Gasteiger partial charge in [0.05, 0.1) is 5.56 Å². The number of benzene rings is 2. The van der Waals surface area contributed by atoms with Crippen molar-refractivity contribution in [3.8, 4) is 11.5 Å². The van der Waals surface area contributed by atoms with Crippen molar-refractivity contribution in [1.82, 2.24) is 0 Å². The number of fused-ring (bicyclic) bond motifs is 1. The number of amides is 1. The third kappa shape index (κ3) is 3.57. The highest BCUT2D eigenvalue weighted by molar-refractivity contribution is 5.95. The zero-order chi connectivity index (χ0) is 17.8. The lowest BCUT2D eigenvalue weighted by atomic mass is 9.98. The zero-order valence-electron chi connectivity index (χ0n) is 13.8. The van der Waals surface area contributed by atoms with E-state index in [1.165, 1.54) is 0 Å². The molecule has 0 spiro atoms. The molecule has 0 unspecified atom stereocenters. The third-order valence-electron chi connectivity index (χ3n) is 4.09. The summed E-state index contributed by atoms with van der Waals surface area (Å²) in [7, 11) is 0. The summed E-state index contributed by atoms with van der Waals surface area (Å²) in [5.74, 6) is 0.00163. The molecule has 1 amide bonds. The first-order valence-electron chi connectivity index (χ1n) is 8.02. The average Bonchev–Trinajstić information content (AvgIpc) is 2.96. The number of hydrogen-bond acceptors (Lipinski definition) is 5. The molecule has 0 aliphatic carbocycles. The first-order chi connectivity index (χ1) is 12.1. The summed E-state index contributed by atoms with van der Waals surface area (Å²) in [4.78, 5) is 23.6. The molecule has 0 radical (unpaired) electrons. The molecule has 3 rings (SSSR count). The molecule has 2 aromatic carbocycles.